The molecule has 0 aliphatic carbocycles. The number of morpholine rings is 1. The highest BCUT2D eigenvalue weighted by molar-refractivity contribution is 7.89. The maximum Gasteiger partial charge on any atom is 0.328 e. The van der Waals surface area contributed by atoms with Crippen LogP contribution in [0.5, 0.6) is 0 Å². The number of amides is 1. The fraction of sp³-hybridized carbons (Fsp3) is 0.467. The Morgan fingerprint density at radius 1 is 1.29 bits per heavy atom. The van der Waals surface area contributed by atoms with Gasteiger partial charge in [0.2, 0.25) is 10.0 Å². The van der Waals surface area contributed by atoms with Crippen molar-refractivity contribution >= 4 is 21.9 Å². The first kappa shape index (κ1) is 18.4. The minimum absolute atomic E-state index is 0.0458. The minimum Gasteiger partial charge on any atom is -0.480 e. The number of carbonyl (C=O) groups is 2. The van der Waals surface area contributed by atoms with Gasteiger partial charge in [0.1, 0.15) is 0 Å². The zero-order chi connectivity index (χ0) is 17.9. The van der Waals surface area contributed by atoms with Gasteiger partial charge in [-0.1, -0.05) is 0 Å². The van der Waals surface area contributed by atoms with Gasteiger partial charge in [0.15, 0.2) is 6.04 Å². The van der Waals surface area contributed by atoms with E-state index in [-0.39, 0.29) is 36.3 Å². The lowest BCUT2D eigenvalue weighted by Gasteiger charge is -2.32. The lowest BCUT2D eigenvalue weighted by atomic mass is 10.1. The largest absolute Gasteiger partial charge is 0.480 e. The van der Waals surface area contributed by atoms with Crippen LogP contribution in [-0.2, 0) is 19.6 Å². The van der Waals surface area contributed by atoms with Gasteiger partial charge < -0.3 is 14.7 Å². The molecule has 0 bridgehead atoms. The third kappa shape index (κ3) is 4.11. The molecule has 1 amide bonds. The number of nitrogens with zero attached hydrogens (tertiary/aromatic N) is 1. The van der Waals surface area contributed by atoms with E-state index < -0.39 is 27.9 Å². The van der Waals surface area contributed by atoms with Gasteiger partial charge in [-0.15, -0.1) is 0 Å². The van der Waals surface area contributed by atoms with Crippen LogP contribution >= 0.6 is 0 Å². The SMILES string of the molecule is CC(C)NS(=O)(=O)c1ccc(C(=O)N2CCOCC2C(=O)O)cc1. The Hall–Kier alpha value is -1.97. The molecule has 0 aromatic heterocycles. The van der Waals surface area contributed by atoms with E-state index in [2.05, 4.69) is 4.72 Å². The fourth-order valence-electron chi connectivity index (χ4n) is 2.37. The third-order valence-corrected chi connectivity index (χ3v) is 5.15. The number of nitrogens with one attached hydrogen (secondary N) is 1. The molecule has 1 heterocycles. The molecular formula is C15H20N2O6S. The van der Waals surface area contributed by atoms with Gasteiger partial charge in [0.05, 0.1) is 18.1 Å². The summed E-state index contributed by atoms with van der Waals surface area (Å²) in [6, 6.07) is 4.12. The van der Waals surface area contributed by atoms with Crippen LogP contribution in [0.25, 0.3) is 0 Å². The van der Waals surface area contributed by atoms with E-state index in [4.69, 9.17) is 4.74 Å². The molecule has 1 fully saturated rings. The number of rotatable bonds is 5. The lowest BCUT2D eigenvalue weighted by molar-refractivity contribution is -0.147. The number of carbonyl (C=O) groups excluding carboxylic acids is 1. The number of hydrogen-bond acceptors (Lipinski definition) is 5. The minimum atomic E-state index is -3.64. The van der Waals surface area contributed by atoms with Crippen LogP contribution in [0.15, 0.2) is 29.2 Å². The lowest BCUT2D eigenvalue weighted by Crippen LogP contribution is -2.52. The van der Waals surface area contributed by atoms with Crippen LogP contribution in [0, 0.1) is 0 Å². The van der Waals surface area contributed by atoms with Crippen LogP contribution in [0.4, 0.5) is 0 Å². The number of sulfonamides is 1. The van der Waals surface area contributed by atoms with Crippen molar-refractivity contribution in [3.8, 4) is 0 Å². The highest BCUT2D eigenvalue weighted by Crippen LogP contribution is 2.16. The maximum atomic E-state index is 12.5. The molecule has 9 heteroatoms. The van der Waals surface area contributed by atoms with E-state index in [9.17, 15) is 23.1 Å². The molecule has 0 radical (unpaired) electrons. The van der Waals surface area contributed by atoms with E-state index in [0.717, 1.165) is 0 Å². The van der Waals surface area contributed by atoms with Crippen LogP contribution in [-0.4, -0.2) is 62.1 Å². The number of ether oxygens (including phenoxy) is 1. The summed E-state index contributed by atoms with van der Waals surface area (Å²) in [6.07, 6.45) is 0. The summed E-state index contributed by atoms with van der Waals surface area (Å²) in [5, 5.41) is 9.18. The van der Waals surface area contributed by atoms with E-state index in [1.54, 1.807) is 13.8 Å². The van der Waals surface area contributed by atoms with Crippen molar-refractivity contribution in [2.75, 3.05) is 19.8 Å². The van der Waals surface area contributed by atoms with E-state index in [0.29, 0.717) is 0 Å². The highest BCUT2D eigenvalue weighted by atomic mass is 32.2. The molecule has 1 aliphatic heterocycles. The highest BCUT2D eigenvalue weighted by Gasteiger charge is 2.33. The number of carboxylic acid groups (broad SMARTS) is 1. The summed E-state index contributed by atoms with van der Waals surface area (Å²) in [4.78, 5) is 25.0. The van der Waals surface area contributed by atoms with Crippen molar-refractivity contribution in [2.45, 2.75) is 30.8 Å². The standard InChI is InChI=1S/C15H20N2O6S/c1-10(2)16-24(21,22)12-5-3-11(4-6-12)14(18)17-7-8-23-9-13(17)15(19)20/h3-6,10,13,16H,7-9H2,1-2H3,(H,19,20). The van der Waals surface area contributed by atoms with Crippen LogP contribution in [0.3, 0.4) is 0 Å². The van der Waals surface area contributed by atoms with E-state index in [1.165, 1.54) is 29.2 Å². The summed E-state index contributed by atoms with van der Waals surface area (Å²) in [6.45, 7) is 3.79. The van der Waals surface area contributed by atoms with Crippen LogP contribution in [0.1, 0.15) is 24.2 Å². The van der Waals surface area contributed by atoms with Crippen LogP contribution < -0.4 is 4.72 Å². The topological polar surface area (TPSA) is 113 Å². The van der Waals surface area contributed by atoms with Gasteiger partial charge in [0.25, 0.3) is 5.91 Å². The molecule has 1 saturated heterocycles. The average molecular weight is 356 g/mol. The summed E-state index contributed by atoms with van der Waals surface area (Å²) >= 11 is 0. The van der Waals surface area contributed by atoms with Crippen molar-refractivity contribution in [1.82, 2.24) is 9.62 Å². The summed E-state index contributed by atoms with van der Waals surface area (Å²) in [5.74, 6) is -1.60. The van der Waals surface area contributed by atoms with Gasteiger partial charge in [-0.2, -0.15) is 0 Å². The maximum absolute atomic E-state index is 12.5. The van der Waals surface area contributed by atoms with Gasteiger partial charge in [-0.05, 0) is 38.1 Å². The Labute approximate surface area is 140 Å². The molecular weight excluding hydrogens is 336 g/mol. The van der Waals surface area contributed by atoms with Gasteiger partial charge >= 0.3 is 5.97 Å². The van der Waals surface area contributed by atoms with E-state index >= 15 is 0 Å². The first-order valence-electron chi connectivity index (χ1n) is 7.46. The second-order valence-corrected chi connectivity index (χ2v) is 7.44. The van der Waals surface area contributed by atoms with Crippen molar-refractivity contribution in [3.63, 3.8) is 0 Å². The molecule has 1 aromatic carbocycles. The Kier molecular flexibility index (Phi) is 5.58. The molecule has 0 saturated carbocycles. The molecule has 0 spiro atoms. The average Bonchev–Trinajstić information content (AvgIpc) is 2.53. The van der Waals surface area contributed by atoms with Crippen molar-refractivity contribution in [1.29, 1.82) is 0 Å². The number of hydrogen-bond donors (Lipinski definition) is 2. The number of aliphatic carboxylic acids is 1. The molecule has 1 aromatic rings. The predicted octanol–water partition coefficient (Wildman–Crippen LogP) is 0.299. The third-order valence-electron chi connectivity index (χ3n) is 3.48. The molecule has 132 valence electrons. The Balaban J connectivity index is 2.21. The smallest absolute Gasteiger partial charge is 0.328 e. The fourth-order valence-corrected chi connectivity index (χ4v) is 3.62. The van der Waals surface area contributed by atoms with Crippen molar-refractivity contribution in [3.05, 3.63) is 29.8 Å². The predicted molar refractivity (Wildman–Crippen MR) is 85.2 cm³/mol. The summed E-state index contributed by atoms with van der Waals surface area (Å²) in [5.41, 5.74) is 0.228. The van der Waals surface area contributed by atoms with E-state index in [1.807, 2.05) is 0 Å². The van der Waals surface area contributed by atoms with Gasteiger partial charge in [0, 0.05) is 18.2 Å². The summed E-state index contributed by atoms with van der Waals surface area (Å²) in [7, 11) is -3.64. The van der Waals surface area contributed by atoms with Crippen molar-refractivity contribution < 1.29 is 27.9 Å². The number of carboxylic acids is 1. The zero-order valence-electron chi connectivity index (χ0n) is 13.4. The summed E-state index contributed by atoms with van der Waals surface area (Å²) < 4.78 is 31.7. The number of benzene rings is 1. The quantitative estimate of drug-likeness (QED) is 0.784. The molecule has 1 aliphatic rings. The molecule has 24 heavy (non-hydrogen) atoms. The Morgan fingerprint density at radius 3 is 2.46 bits per heavy atom. The van der Waals surface area contributed by atoms with Gasteiger partial charge in [-0.3, -0.25) is 4.79 Å². The molecule has 8 nitrogen and oxygen atoms in total. The molecule has 2 N–H and O–H groups in total. The first-order chi connectivity index (χ1) is 11.2. The Morgan fingerprint density at radius 2 is 1.92 bits per heavy atom. The zero-order valence-corrected chi connectivity index (χ0v) is 14.2. The molecule has 1 unspecified atom stereocenters. The molecule has 2 rings (SSSR count). The van der Waals surface area contributed by atoms with Crippen molar-refractivity contribution in [2.24, 2.45) is 0 Å². The van der Waals surface area contributed by atoms with Gasteiger partial charge in [-0.25, -0.2) is 17.9 Å². The monoisotopic (exact) mass is 356 g/mol. The van der Waals surface area contributed by atoms with Crippen LogP contribution in [0.2, 0.25) is 0 Å². The first-order valence-corrected chi connectivity index (χ1v) is 8.94. The second kappa shape index (κ2) is 7.29. The second-order valence-electron chi connectivity index (χ2n) is 5.73. The molecule has 1 atom stereocenters. The normalized spacial score (nSPS) is 18.6. The Bertz CT molecular complexity index is 714.